The van der Waals surface area contributed by atoms with Crippen molar-refractivity contribution in [1.29, 1.82) is 0 Å². The molecule has 1 amide bonds. The number of carbonyl (C=O) groups excluding carboxylic acids is 1. The first-order valence-corrected chi connectivity index (χ1v) is 13.2. The third kappa shape index (κ3) is 6.59. The lowest BCUT2D eigenvalue weighted by molar-refractivity contribution is -0.119. The molecule has 0 aliphatic carbocycles. The summed E-state index contributed by atoms with van der Waals surface area (Å²) in [6.07, 6.45) is 0.509. The molecular formula is C27H31N3O6S. The number of methoxy groups -OCH3 is 2. The zero-order valence-corrected chi connectivity index (χ0v) is 22.1. The van der Waals surface area contributed by atoms with Gasteiger partial charge in [-0.15, -0.1) is 0 Å². The Hall–Kier alpha value is -4.05. The maximum absolute atomic E-state index is 13.6. The van der Waals surface area contributed by atoms with E-state index >= 15 is 0 Å². The van der Waals surface area contributed by atoms with Crippen LogP contribution in [0, 0.1) is 0 Å². The SMILES string of the molecule is CCOc1ccccc1N(CC(=O)N/N=C(/CC)c1ccc(OC)c(OC)c1)S(=O)(=O)c1ccccc1. The lowest BCUT2D eigenvalue weighted by atomic mass is 10.1. The van der Waals surface area contributed by atoms with Gasteiger partial charge in [0.05, 0.1) is 37.1 Å². The van der Waals surface area contributed by atoms with Crippen molar-refractivity contribution in [1.82, 2.24) is 5.43 Å². The summed E-state index contributed by atoms with van der Waals surface area (Å²) < 4.78 is 44.5. The Morgan fingerprint density at radius 1 is 0.892 bits per heavy atom. The van der Waals surface area contributed by atoms with Crippen molar-refractivity contribution in [2.45, 2.75) is 25.2 Å². The van der Waals surface area contributed by atoms with E-state index in [4.69, 9.17) is 14.2 Å². The molecule has 0 saturated carbocycles. The fourth-order valence-corrected chi connectivity index (χ4v) is 5.07. The Balaban J connectivity index is 1.93. The van der Waals surface area contributed by atoms with E-state index in [0.29, 0.717) is 36.0 Å². The van der Waals surface area contributed by atoms with Crippen LogP contribution in [-0.2, 0) is 14.8 Å². The summed E-state index contributed by atoms with van der Waals surface area (Å²) in [5, 5.41) is 4.27. The van der Waals surface area contributed by atoms with Crippen molar-refractivity contribution in [3.63, 3.8) is 0 Å². The molecule has 0 saturated heterocycles. The van der Waals surface area contributed by atoms with Gasteiger partial charge in [-0.3, -0.25) is 9.10 Å². The van der Waals surface area contributed by atoms with Crippen LogP contribution in [0.15, 0.2) is 82.8 Å². The molecule has 37 heavy (non-hydrogen) atoms. The Morgan fingerprint density at radius 3 is 2.22 bits per heavy atom. The van der Waals surface area contributed by atoms with Crippen molar-refractivity contribution >= 4 is 27.3 Å². The first-order valence-electron chi connectivity index (χ1n) is 11.7. The second-order valence-electron chi connectivity index (χ2n) is 7.74. The molecule has 0 heterocycles. The zero-order chi connectivity index (χ0) is 26.8. The van der Waals surface area contributed by atoms with E-state index in [2.05, 4.69) is 10.5 Å². The summed E-state index contributed by atoms with van der Waals surface area (Å²) in [6.45, 7) is 3.52. The van der Waals surface area contributed by atoms with Gasteiger partial charge in [0.1, 0.15) is 12.3 Å². The van der Waals surface area contributed by atoms with E-state index in [1.165, 1.54) is 19.2 Å². The van der Waals surface area contributed by atoms with Gasteiger partial charge < -0.3 is 14.2 Å². The number of hydrogen-bond donors (Lipinski definition) is 1. The summed E-state index contributed by atoms with van der Waals surface area (Å²) in [7, 11) is -1.01. The largest absolute Gasteiger partial charge is 0.493 e. The van der Waals surface area contributed by atoms with Gasteiger partial charge in [0.2, 0.25) is 0 Å². The molecule has 0 radical (unpaired) electrons. The average Bonchev–Trinajstić information content (AvgIpc) is 2.93. The van der Waals surface area contributed by atoms with Gasteiger partial charge in [-0.1, -0.05) is 37.3 Å². The fourth-order valence-electron chi connectivity index (χ4n) is 3.62. The number of anilines is 1. The molecule has 196 valence electrons. The Morgan fingerprint density at radius 2 is 1.57 bits per heavy atom. The lowest BCUT2D eigenvalue weighted by Gasteiger charge is -2.25. The molecule has 3 aromatic carbocycles. The summed E-state index contributed by atoms with van der Waals surface area (Å²) in [5.41, 5.74) is 4.07. The van der Waals surface area contributed by atoms with Crippen LogP contribution in [-0.4, -0.2) is 47.4 Å². The minimum Gasteiger partial charge on any atom is -0.493 e. The van der Waals surface area contributed by atoms with E-state index in [-0.39, 0.29) is 10.6 Å². The monoisotopic (exact) mass is 525 g/mol. The highest BCUT2D eigenvalue weighted by Gasteiger charge is 2.29. The van der Waals surface area contributed by atoms with Crippen molar-refractivity contribution in [2.24, 2.45) is 5.10 Å². The molecule has 0 aliphatic rings. The van der Waals surface area contributed by atoms with Gasteiger partial charge in [-0.05, 0) is 55.8 Å². The number of benzene rings is 3. The number of nitrogens with one attached hydrogen (secondary N) is 1. The summed E-state index contributed by atoms with van der Waals surface area (Å²) in [4.78, 5) is 13.1. The third-order valence-corrected chi connectivity index (χ3v) is 7.19. The molecule has 0 aromatic heterocycles. The molecule has 0 unspecified atom stereocenters. The number of rotatable bonds is 12. The second kappa shape index (κ2) is 12.8. The average molecular weight is 526 g/mol. The number of hydrazone groups is 1. The molecule has 10 heteroatoms. The molecule has 3 rings (SSSR count). The fraction of sp³-hybridized carbons (Fsp3) is 0.259. The van der Waals surface area contributed by atoms with Crippen molar-refractivity contribution in [3.8, 4) is 17.2 Å². The first kappa shape index (κ1) is 27.5. The molecule has 0 bridgehead atoms. The van der Waals surface area contributed by atoms with Crippen molar-refractivity contribution < 1.29 is 27.4 Å². The predicted octanol–water partition coefficient (Wildman–Crippen LogP) is 4.23. The zero-order valence-electron chi connectivity index (χ0n) is 21.3. The Labute approximate surface area is 217 Å². The number of para-hydroxylation sites is 2. The predicted molar refractivity (Wildman–Crippen MR) is 143 cm³/mol. The second-order valence-corrected chi connectivity index (χ2v) is 9.60. The Bertz CT molecular complexity index is 1340. The Kier molecular flexibility index (Phi) is 9.51. The minimum absolute atomic E-state index is 0.0529. The standard InChI is InChI=1S/C27H31N3O6S/c1-5-22(20-16-17-25(34-3)26(18-20)35-4)28-29-27(31)19-30(23-14-10-11-15-24(23)36-6-2)37(32,33)21-12-8-7-9-13-21/h7-18H,5-6,19H2,1-4H3,(H,29,31)/b28-22-. The van der Waals surface area contributed by atoms with Gasteiger partial charge in [-0.25, -0.2) is 13.8 Å². The van der Waals surface area contributed by atoms with E-state index in [1.54, 1.807) is 74.7 Å². The van der Waals surface area contributed by atoms with Crippen LogP contribution >= 0.6 is 0 Å². The highest BCUT2D eigenvalue weighted by Crippen LogP contribution is 2.32. The van der Waals surface area contributed by atoms with Gasteiger partial charge in [0.25, 0.3) is 15.9 Å². The first-order chi connectivity index (χ1) is 17.8. The van der Waals surface area contributed by atoms with Crippen molar-refractivity contribution in [2.75, 3.05) is 31.7 Å². The van der Waals surface area contributed by atoms with E-state index in [1.807, 2.05) is 6.92 Å². The minimum atomic E-state index is -4.09. The number of ether oxygens (including phenoxy) is 3. The topological polar surface area (TPSA) is 107 Å². The molecule has 0 spiro atoms. The van der Waals surface area contributed by atoms with Gasteiger partial charge in [0.15, 0.2) is 11.5 Å². The van der Waals surface area contributed by atoms with Crippen LogP contribution in [0.5, 0.6) is 17.2 Å². The molecule has 1 N–H and O–H groups in total. The van der Waals surface area contributed by atoms with Crippen LogP contribution < -0.4 is 23.9 Å². The molecule has 0 aliphatic heterocycles. The molecular weight excluding hydrogens is 494 g/mol. The maximum atomic E-state index is 13.6. The quantitative estimate of drug-likeness (QED) is 0.280. The lowest BCUT2D eigenvalue weighted by Crippen LogP contribution is -2.40. The number of hydrogen-bond acceptors (Lipinski definition) is 7. The normalized spacial score (nSPS) is 11.5. The van der Waals surface area contributed by atoms with Crippen LogP contribution in [0.25, 0.3) is 0 Å². The number of amides is 1. The molecule has 0 fully saturated rings. The van der Waals surface area contributed by atoms with Crippen LogP contribution in [0.1, 0.15) is 25.8 Å². The molecule has 9 nitrogen and oxygen atoms in total. The van der Waals surface area contributed by atoms with E-state index < -0.39 is 22.5 Å². The summed E-state index contributed by atoms with van der Waals surface area (Å²) >= 11 is 0. The van der Waals surface area contributed by atoms with Gasteiger partial charge in [0, 0.05) is 5.56 Å². The third-order valence-electron chi connectivity index (χ3n) is 5.42. The van der Waals surface area contributed by atoms with E-state index in [9.17, 15) is 13.2 Å². The summed E-state index contributed by atoms with van der Waals surface area (Å²) in [5.74, 6) is 0.832. The van der Waals surface area contributed by atoms with E-state index in [0.717, 1.165) is 9.87 Å². The van der Waals surface area contributed by atoms with Gasteiger partial charge >= 0.3 is 0 Å². The van der Waals surface area contributed by atoms with Crippen LogP contribution in [0.4, 0.5) is 5.69 Å². The number of nitrogens with zero attached hydrogens (tertiary/aromatic N) is 2. The van der Waals surface area contributed by atoms with Gasteiger partial charge in [-0.2, -0.15) is 5.10 Å². The number of sulfonamides is 1. The smallest absolute Gasteiger partial charge is 0.264 e. The molecule has 3 aromatic rings. The van der Waals surface area contributed by atoms with Crippen LogP contribution in [0.2, 0.25) is 0 Å². The van der Waals surface area contributed by atoms with Crippen LogP contribution in [0.3, 0.4) is 0 Å². The number of carbonyl (C=O) groups is 1. The highest BCUT2D eigenvalue weighted by atomic mass is 32.2. The highest BCUT2D eigenvalue weighted by molar-refractivity contribution is 7.92. The van der Waals surface area contributed by atoms with Crippen molar-refractivity contribution in [3.05, 3.63) is 78.4 Å². The molecule has 0 atom stereocenters. The maximum Gasteiger partial charge on any atom is 0.264 e. The summed E-state index contributed by atoms with van der Waals surface area (Å²) in [6, 6.07) is 19.9.